The SMILES string of the molecule is CCCNC(=O)C(C)N(Cc1ccc(Cl)c(Cl)c1)C(=O)CN(c1cc(Cl)ccc1OC)S(=O)(=O)c1ccc(C)c([N+](=O)[O-])c1. The summed E-state index contributed by atoms with van der Waals surface area (Å²) in [4.78, 5) is 38.8. The average Bonchev–Trinajstić information content (AvgIpc) is 2.98. The molecule has 0 fully saturated rings. The van der Waals surface area contributed by atoms with Crippen molar-refractivity contribution in [1.29, 1.82) is 0 Å². The van der Waals surface area contributed by atoms with E-state index in [-0.39, 0.29) is 33.6 Å². The lowest BCUT2D eigenvalue weighted by atomic mass is 10.1. The molecule has 0 aliphatic rings. The van der Waals surface area contributed by atoms with Crippen LogP contribution in [0.5, 0.6) is 5.75 Å². The topological polar surface area (TPSA) is 139 Å². The van der Waals surface area contributed by atoms with Crippen LogP contribution in [0, 0.1) is 17.0 Å². The number of amides is 2. The van der Waals surface area contributed by atoms with E-state index in [0.717, 1.165) is 10.4 Å². The third-order valence-electron chi connectivity index (χ3n) is 6.71. The fraction of sp³-hybridized carbons (Fsp3) is 0.310. The molecule has 0 spiro atoms. The zero-order chi connectivity index (χ0) is 32.8. The number of aryl methyl sites for hydroxylation is 1. The average molecular weight is 686 g/mol. The Kier molecular flexibility index (Phi) is 11.8. The molecule has 0 aliphatic carbocycles. The fourth-order valence-electron chi connectivity index (χ4n) is 4.26. The number of nitrogens with one attached hydrogen (secondary N) is 1. The van der Waals surface area contributed by atoms with Crippen LogP contribution in [0.4, 0.5) is 11.4 Å². The number of sulfonamides is 1. The number of anilines is 1. The minimum atomic E-state index is -4.65. The summed E-state index contributed by atoms with van der Waals surface area (Å²) in [5.41, 5.74) is 0.274. The maximum absolute atomic E-state index is 14.2. The number of methoxy groups -OCH3 is 1. The Morgan fingerprint density at radius 3 is 2.36 bits per heavy atom. The molecule has 1 unspecified atom stereocenters. The number of hydrogen-bond donors (Lipinski definition) is 1. The van der Waals surface area contributed by atoms with Gasteiger partial charge in [-0.05, 0) is 62.2 Å². The maximum atomic E-state index is 14.2. The normalized spacial score (nSPS) is 11.9. The van der Waals surface area contributed by atoms with E-state index < -0.39 is 49.9 Å². The van der Waals surface area contributed by atoms with Gasteiger partial charge in [0.25, 0.3) is 15.7 Å². The third kappa shape index (κ3) is 8.12. The summed E-state index contributed by atoms with van der Waals surface area (Å²) in [6.45, 7) is 4.30. The zero-order valence-electron chi connectivity index (χ0n) is 24.3. The highest BCUT2D eigenvalue weighted by Gasteiger charge is 2.35. The molecule has 11 nitrogen and oxygen atoms in total. The maximum Gasteiger partial charge on any atom is 0.273 e. The van der Waals surface area contributed by atoms with Gasteiger partial charge in [0, 0.05) is 29.7 Å². The van der Waals surface area contributed by atoms with Gasteiger partial charge in [-0.15, -0.1) is 0 Å². The van der Waals surface area contributed by atoms with Crippen LogP contribution < -0.4 is 14.4 Å². The molecule has 0 radical (unpaired) electrons. The van der Waals surface area contributed by atoms with E-state index in [9.17, 15) is 28.1 Å². The molecule has 15 heteroatoms. The van der Waals surface area contributed by atoms with E-state index >= 15 is 0 Å². The summed E-state index contributed by atoms with van der Waals surface area (Å²) in [6.07, 6.45) is 0.655. The third-order valence-corrected chi connectivity index (χ3v) is 9.44. The lowest BCUT2D eigenvalue weighted by molar-refractivity contribution is -0.385. The van der Waals surface area contributed by atoms with Crippen LogP contribution >= 0.6 is 34.8 Å². The quantitative estimate of drug-likeness (QED) is 0.172. The van der Waals surface area contributed by atoms with Gasteiger partial charge in [-0.3, -0.25) is 24.0 Å². The van der Waals surface area contributed by atoms with Crippen LogP contribution in [0.15, 0.2) is 59.5 Å². The number of carbonyl (C=O) groups excluding carboxylic acids is 2. The monoisotopic (exact) mass is 684 g/mol. The lowest BCUT2D eigenvalue weighted by Gasteiger charge is -2.32. The minimum absolute atomic E-state index is 0.0668. The molecule has 3 aromatic rings. The Balaban J connectivity index is 2.16. The van der Waals surface area contributed by atoms with Crippen molar-refractivity contribution >= 4 is 68.0 Å². The Labute approximate surface area is 270 Å². The van der Waals surface area contributed by atoms with Crippen molar-refractivity contribution in [2.24, 2.45) is 0 Å². The van der Waals surface area contributed by atoms with Gasteiger partial charge in [-0.2, -0.15) is 0 Å². The van der Waals surface area contributed by atoms with Crippen LogP contribution in [0.1, 0.15) is 31.4 Å². The van der Waals surface area contributed by atoms with E-state index in [1.807, 2.05) is 6.92 Å². The van der Waals surface area contributed by atoms with Crippen molar-refractivity contribution in [3.05, 3.63) is 90.9 Å². The molecule has 1 N–H and O–H groups in total. The molecule has 3 aromatic carbocycles. The van der Waals surface area contributed by atoms with E-state index in [1.165, 1.54) is 56.2 Å². The zero-order valence-corrected chi connectivity index (χ0v) is 27.4. The number of nitro benzene ring substituents is 1. The van der Waals surface area contributed by atoms with E-state index in [1.54, 1.807) is 18.2 Å². The van der Waals surface area contributed by atoms with Crippen LogP contribution in [-0.2, 0) is 26.2 Å². The molecular weight excluding hydrogens is 655 g/mol. The second-order valence-corrected chi connectivity index (χ2v) is 12.9. The molecule has 0 aliphatic heterocycles. The summed E-state index contributed by atoms with van der Waals surface area (Å²) in [5, 5.41) is 15.0. The number of nitrogens with zero attached hydrogens (tertiary/aromatic N) is 3. The van der Waals surface area contributed by atoms with Crippen LogP contribution in [-0.4, -0.2) is 56.3 Å². The molecule has 0 saturated carbocycles. The smallest absolute Gasteiger partial charge is 0.273 e. The first-order chi connectivity index (χ1) is 20.7. The largest absolute Gasteiger partial charge is 0.495 e. The number of hydrogen-bond acceptors (Lipinski definition) is 7. The Morgan fingerprint density at radius 2 is 1.75 bits per heavy atom. The summed E-state index contributed by atoms with van der Waals surface area (Å²) in [5.74, 6) is -1.15. The van der Waals surface area contributed by atoms with Gasteiger partial charge in [0.1, 0.15) is 18.3 Å². The minimum Gasteiger partial charge on any atom is -0.495 e. The first-order valence-corrected chi connectivity index (χ1v) is 15.9. The van der Waals surface area contributed by atoms with Crippen molar-refractivity contribution in [2.45, 2.75) is 44.7 Å². The molecule has 0 aromatic heterocycles. The van der Waals surface area contributed by atoms with Crippen LogP contribution in [0.3, 0.4) is 0 Å². The Morgan fingerprint density at radius 1 is 1.05 bits per heavy atom. The van der Waals surface area contributed by atoms with Gasteiger partial charge in [0.15, 0.2) is 0 Å². The second kappa shape index (κ2) is 14.9. The van der Waals surface area contributed by atoms with Gasteiger partial charge in [0.2, 0.25) is 11.8 Å². The molecule has 0 saturated heterocycles. The molecule has 0 bridgehead atoms. The Bertz CT molecular complexity index is 1670. The van der Waals surface area contributed by atoms with Gasteiger partial charge >= 0.3 is 0 Å². The fourth-order valence-corrected chi connectivity index (χ4v) is 6.18. The molecule has 0 heterocycles. The van der Waals surface area contributed by atoms with E-state index in [0.29, 0.717) is 23.6 Å². The Hall–Kier alpha value is -3.58. The number of halogens is 3. The van der Waals surface area contributed by atoms with Crippen molar-refractivity contribution in [2.75, 3.05) is 24.5 Å². The molecular formula is C29H31Cl3N4O7S. The van der Waals surface area contributed by atoms with Gasteiger partial charge in [0.05, 0.1) is 32.7 Å². The number of rotatable bonds is 13. The van der Waals surface area contributed by atoms with E-state index in [2.05, 4.69) is 5.32 Å². The first kappa shape index (κ1) is 34.9. The predicted molar refractivity (Wildman–Crippen MR) is 170 cm³/mol. The first-order valence-electron chi connectivity index (χ1n) is 13.3. The lowest BCUT2D eigenvalue weighted by Crippen LogP contribution is -2.51. The number of ether oxygens (including phenoxy) is 1. The van der Waals surface area contributed by atoms with Crippen molar-refractivity contribution < 1.29 is 27.7 Å². The van der Waals surface area contributed by atoms with Gasteiger partial charge < -0.3 is 15.0 Å². The van der Waals surface area contributed by atoms with Gasteiger partial charge in [-0.1, -0.05) is 53.9 Å². The van der Waals surface area contributed by atoms with Crippen molar-refractivity contribution in [1.82, 2.24) is 10.2 Å². The van der Waals surface area contributed by atoms with E-state index in [4.69, 9.17) is 39.5 Å². The van der Waals surface area contributed by atoms with Crippen molar-refractivity contribution in [3.63, 3.8) is 0 Å². The number of carbonyl (C=O) groups is 2. The molecule has 236 valence electrons. The number of nitro groups is 1. The highest BCUT2D eigenvalue weighted by molar-refractivity contribution is 7.92. The standard InChI is InChI=1S/C29H31Cl3N4O7S/c1-5-12-33-29(38)19(3)34(16-20-7-10-23(31)24(32)13-20)28(37)17-35(26-14-21(30)8-11-27(26)43-4)44(41,42)22-9-6-18(2)25(15-22)36(39)40/h6-11,13-15,19H,5,12,16-17H2,1-4H3,(H,33,38). The van der Waals surface area contributed by atoms with Crippen LogP contribution in [0.2, 0.25) is 15.1 Å². The van der Waals surface area contributed by atoms with Crippen LogP contribution in [0.25, 0.3) is 0 Å². The predicted octanol–water partition coefficient (Wildman–Crippen LogP) is 6.01. The van der Waals surface area contributed by atoms with Crippen molar-refractivity contribution in [3.8, 4) is 5.75 Å². The molecule has 44 heavy (non-hydrogen) atoms. The summed E-state index contributed by atoms with van der Waals surface area (Å²) >= 11 is 18.5. The highest BCUT2D eigenvalue weighted by atomic mass is 35.5. The molecule has 1 atom stereocenters. The molecule has 3 rings (SSSR count). The second-order valence-electron chi connectivity index (χ2n) is 9.77. The summed E-state index contributed by atoms with van der Waals surface area (Å²) in [7, 11) is -3.33. The van der Waals surface area contributed by atoms with Gasteiger partial charge in [-0.25, -0.2) is 8.42 Å². The highest BCUT2D eigenvalue weighted by Crippen LogP contribution is 2.36. The molecule has 2 amide bonds. The summed E-state index contributed by atoms with van der Waals surface area (Å²) < 4.78 is 34.5. The summed E-state index contributed by atoms with van der Waals surface area (Å²) in [6, 6.07) is 11.3. The number of benzene rings is 3.